The van der Waals surface area contributed by atoms with Gasteiger partial charge in [0.05, 0.1) is 11.9 Å². The molecule has 0 aliphatic heterocycles. The molecule has 0 fully saturated rings. The van der Waals surface area contributed by atoms with E-state index in [0.717, 1.165) is 18.5 Å². The van der Waals surface area contributed by atoms with Crippen molar-refractivity contribution in [1.82, 2.24) is 4.98 Å². The zero-order valence-electron chi connectivity index (χ0n) is 14.3. The molecule has 1 heterocycles. The molecule has 1 aromatic carbocycles. The van der Waals surface area contributed by atoms with Crippen LogP contribution in [0.5, 0.6) is 0 Å². The molecule has 23 heavy (non-hydrogen) atoms. The first-order valence-corrected chi connectivity index (χ1v) is 8.19. The molecule has 1 amide bonds. The topological polar surface area (TPSA) is 54.0 Å². The molecule has 2 rings (SSSR count). The van der Waals surface area contributed by atoms with Gasteiger partial charge in [-0.3, -0.25) is 4.79 Å². The quantitative estimate of drug-likeness (QED) is 0.823. The summed E-state index contributed by atoms with van der Waals surface area (Å²) in [6, 6.07) is 10.2. The Morgan fingerprint density at radius 2 is 1.74 bits per heavy atom. The van der Waals surface area contributed by atoms with E-state index >= 15 is 0 Å². The summed E-state index contributed by atoms with van der Waals surface area (Å²) in [4.78, 5) is 16.0. The number of nitrogens with one attached hydrogen (secondary N) is 2. The third kappa shape index (κ3) is 4.31. The summed E-state index contributed by atoms with van der Waals surface area (Å²) in [7, 11) is 0. The van der Waals surface area contributed by atoms with Crippen LogP contribution < -0.4 is 10.6 Å². The van der Waals surface area contributed by atoms with Crippen molar-refractivity contribution in [1.29, 1.82) is 0 Å². The maximum absolute atomic E-state index is 11.7. The highest BCUT2D eigenvalue weighted by atomic mass is 16.1. The van der Waals surface area contributed by atoms with Crippen molar-refractivity contribution in [2.75, 3.05) is 10.6 Å². The van der Waals surface area contributed by atoms with Crippen molar-refractivity contribution in [2.45, 2.75) is 40.5 Å². The van der Waals surface area contributed by atoms with Crippen LogP contribution in [0.3, 0.4) is 0 Å². The van der Waals surface area contributed by atoms with Crippen molar-refractivity contribution >= 4 is 23.1 Å². The Labute approximate surface area is 138 Å². The van der Waals surface area contributed by atoms with Gasteiger partial charge in [0.15, 0.2) is 0 Å². The van der Waals surface area contributed by atoms with Crippen LogP contribution in [-0.2, 0) is 17.6 Å². The van der Waals surface area contributed by atoms with E-state index in [2.05, 4.69) is 47.7 Å². The summed E-state index contributed by atoms with van der Waals surface area (Å²) in [6.07, 6.45) is 3.71. The minimum Gasteiger partial charge on any atom is -0.354 e. The summed E-state index contributed by atoms with van der Waals surface area (Å²) < 4.78 is 0. The van der Waals surface area contributed by atoms with Crippen LogP contribution in [0, 0.1) is 5.92 Å². The second-order valence-electron chi connectivity index (χ2n) is 5.86. The summed E-state index contributed by atoms with van der Waals surface area (Å²) >= 11 is 0. The highest BCUT2D eigenvalue weighted by molar-refractivity contribution is 5.91. The van der Waals surface area contributed by atoms with E-state index in [1.807, 2.05) is 26.0 Å². The first-order chi connectivity index (χ1) is 11.0. The van der Waals surface area contributed by atoms with Crippen molar-refractivity contribution < 1.29 is 4.79 Å². The summed E-state index contributed by atoms with van der Waals surface area (Å²) in [5.41, 5.74) is 4.67. The summed E-state index contributed by atoms with van der Waals surface area (Å²) in [5.74, 6) is 0.495. The fourth-order valence-corrected chi connectivity index (χ4v) is 2.36. The fraction of sp³-hybridized carbons (Fsp3) is 0.368. The zero-order chi connectivity index (χ0) is 16.8. The van der Waals surface area contributed by atoms with Crippen LogP contribution in [0.2, 0.25) is 0 Å². The zero-order valence-corrected chi connectivity index (χ0v) is 14.3. The predicted octanol–water partition coefficient (Wildman–Crippen LogP) is 4.54. The van der Waals surface area contributed by atoms with Gasteiger partial charge in [-0.25, -0.2) is 4.98 Å². The first-order valence-electron chi connectivity index (χ1n) is 8.19. The Balaban J connectivity index is 2.17. The molecule has 0 bridgehead atoms. The van der Waals surface area contributed by atoms with Crippen molar-refractivity contribution in [3.05, 3.63) is 47.7 Å². The number of aromatic nitrogens is 1. The van der Waals surface area contributed by atoms with E-state index in [9.17, 15) is 4.79 Å². The molecule has 2 aromatic rings. The van der Waals surface area contributed by atoms with Gasteiger partial charge >= 0.3 is 0 Å². The third-order valence-electron chi connectivity index (χ3n) is 3.81. The standard InChI is InChI=1S/C19H25N3O/c1-5-14-8-7-9-15(6-2)18(14)21-16-10-11-17(20-12-16)22-19(23)13(3)4/h7-13,21H,5-6H2,1-4H3,(H,20,22,23). The van der Waals surface area contributed by atoms with Crippen LogP contribution in [-0.4, -0.2) is 10.9 Å². The maximum atomic E-state index is 11.7. The highest BCUT2D eigenvalue weighted by Crippen LogP contribution is 2.26. The van der Waals surface area contributed by atoms with Crippen LogP contribution in [0.1, 0.15) is 38.8 Å². The Morgan fingerprint density at radius 3 is 2.22 bits per heavy atom. The van der Waals surface area contributed by atoms with Gasteiger partial charge in [0, 0.05) is 11.6 Å². The minimum atomic E-state index is -0.0573. The number of carbonyl (C=O) groups excluding carboxylic acids is 1. The number of para-hydroxylation sites is 1. The van der Waals surface area contributed by atoms with Gasteiger partial charge < -0.3 is 10.6 Å². The Hall–Kier alpha value is -2.36. The minimum absolute atomic E-state index is 0.0252. The van der Waals surface area contributed by atoms with Gasteiger partial charge in [-0.05, 0) is 36.1 Å². The lowest BCUT2D eigenvalue weighted by Gasteiger charge is -2.15. The number of hydrogen-bond donors (Lipinski definition) is 2. The number of aryl methyl sites for hydroxylation is 2. The van der Waals surface area contributed by atoms with E-state index in [1.54, 1.807) is 6.20 Å². The number of anilines is 3. The first kappa shape index (κ1) is 17.0. The molecule has 4 heteroatoms. The SMILES string of the molecule is CCc1cccc(CC)c1Nc1ccc(NC(=O)C(C)C)nc1. The van der Waals surface area contributed by atoms with Gasteiger partial charge in [0.25, 0.3) is 0 Å². The Bertz CT molecular complexity index is 641. The fourth-order valence-electron chi connectivity index (χ4n) is 2.36. The smallest absolute Gasteiger partial charge is 0.228 e. The maximum Gasteiger partial charge on any atom is 0.228 e. The molecule has 0 radical (unpaired) electrons. The average Bonchev–Trinajstić information content (AvgIpc) is 2.56. The lowest BCUT2D eigenvalue weighted by atomic mass is 10.0. The molecular formula is C19H25N3O. The predicted molar refractivity (Wildman–Crippen MR) is 96.2 cm³/mol. The third-order valence-corrected chi connectivity index (χ3v) is 3.81. The second kappa shape index (κ2) is 7.77. The Kier molecular flexibility index (Phi) is 5.74. The van der Waals surface area contributed by atoms with E-state index in [4.69, 9.17) is 0 Å². The molecule has 0 saturated heterocycles. The largest absolute Gasteiger partial charge is 0.354 e. The molecule has 2 N–H and O–H groups in total. The molecule has 122 valence electrons. The van der Waals surface area contributed by atoms with Crippen molar-refractivity contribution in [3.8, 4) is 0 Å². The number of hydrogen-bond acceptors (Lipinski definition) is 3. The number of amides is 1. The van der Waals surface area contributed by atoms with Crippen LogP contribution in [0.4, 0.5) is 17.2 Å². The van der Waals surface area contributed by atoms with Crippen LogP contribution in [0.25, 0.3) is 0 Å². The molecular weight excluding hydrogens is 286 g/mol. The van der Waals surface area contributed by atoms with Crippen LogP contribution >= 0.6 is 0 Å². The van der Waals surface area contributed by atoms with Crippen LogP contribution in [0.15, 0.2) is 36.5 Å². The van der Waals surface area contributed by atoms with Crippen molar-refractivity contribution in [2.24, 2.45) is 5.92 Å². The molecule has 1 aromatic heterocycles. The number of benzene rings is 1. The van der Waals surface area contributed by atoms with Gasteiger partial charge in [-0.15, -0.1) is 0 Å². The van der Waals surface area contributed by atoms with Gasteiger partial charge in [-0.2, -0.15) is 0 Å². The molecule has 0 aliphatic rings. The Morgan fingerprint density at radius 1 is 1.09 bits per heavy atom. The molecule has 4 nitrogen and oxygen atoms in total. The molecule has 0 unspecified atom stereocenters. The van der Waals surface area contributed by atoms with Crippen molar-refractivity contribution in [3.63, 3.8) is 0 Å². The van der Waals surface area contributed by atoms with E-state index in [0.29, 0.717) is 5.82 Å². The second-order valence-corrected chi connectivity index (χ2v) is 5.86. The van der Waals surface area contributed by atoms with Gasteiger partial charge in [-0.1, -0.05) is 45.9 Å². The van der Waals surface area contributed by atoms with Gasteiger partial charge in [0.1, 0.15) is 5.82 Å². The molecule has 0 atom stereocenters. The molecule has 0 spiro atoms. The molecule has 0 saturated carbocycles. The van der Waals surface area contributed by atoms with E-state index in [-0.39, 0.29) is 11.8 Å². The lowest BCUT2D eigenvalue weighted by Crippen LogP contribution is -2.18. The highest BCUT2D eigenvalue weighted by Gasteiger charge is 2.09. The summed E-state index contributed by atoms with van der Waals surface area (Å²) in [6.45, 7) is 8.03. The van der Waals surface area contributed by atoms with Gasteiger partial charge in [0.2, 0.25) is 5.91 Å². The monoisotopic (exact) mass is 311 g/mol. The van der Waals surface area contributed by atoms with E-state index in [1.165, 1.54) is 16.8 Å². The lowest BCUT2D eigenvalue weighted by molar-refractivity contribution is -0.118. The normalized spacial score (nSPS) is 10.7. The number of carbonyl (C=O) groups is 1. The number of pyridine rings is 1. The number of rotatable bonds is 6. The average molecular weight is 311 g/mol. The number of nitrogens with zero attached hydrogens (tertiary/aromatic N) is 1. The van der Waals surface area contributed by atoms with E-state index < -0.39 is 0 Å². The molecule has 0 aliphatic carbocycles. The summed E-state index contributed by atoms with van der Waals surface area (Å²) in [5, 5.41) is 6.27.